The van der Waals surface area contributed by atoms with Gasteiger partial charge >= 0.3 is 0 Å². The zero-order valence-corrected chi connectivity index (χ0v) is 12.0. The maximum Gasteiger partial charge on any atom is 0.0594 e. The van der Waals surface area contributed by atoms with Gasteiger partial charge in [0.1, 0.15) is 0 Å². The van der Waals surface area contributed by atoms with Gasteiger partial charge in [0, 0.05) is 44.2 Å². The topological polar surface area (TPSA) is 35.9 Å². The molecule has 2 aliphatic heterocycles. The highest BCUT2D eigenvalue weighted by atomic mass is 16.5. The fourth-order valence-electron chi connectivity index (χ4n) is 4.16. The lowest BCUT2D eigenvalue weighted by molar-refractivity contribution is 0.0165. The Bertz CT molecular complexity index is 286. The third-order valence-electron chi connectivity index (χ3n) is 5.37. The summed E-state index contributed by atoms with van der Waals surface area (Å²) in [6.07, 6.45) is 6.36. The average molecular weight is 268 g/mol. The van der Waals surface area contributed by atoms with Gasteiger partial charge in [-0.1, -0.05) is 12.8 Å². The first-order chi connectivity index (χ1) is 9.31. The van der Waals surface area contributed by atoms with E-state index >= 15 is 0 Å². The SMILES string of the molecule is OCC1(CN2CCC(N3CCOCC3)C2)CCCC1. The molecule has 2 heterocycles. The summed E-state index contributed by atoms with van der Waals surface area (Å²) in [5.41, 5.74) is 0.222. The number of aliphatic hydroxyl groups excluding tert-OH is 1. The highest BCUT2D eigenvalue weighted by molar-refractivity contribution is 4.91. The first-order valence-corrected chi connectivity index (χ1v) is 7.96. The zero-order chi connectivity index (χ0) is 13.1. The number of hydrogen-bond donors (Lipinski definition) is 1. The van der Waals surface area contributed by atoms with Gasteiger partial charge in [-0.15, -0.1) is 0 Å². The zero-order valence-electron chi connectivity index (χ0n) is 12.0. The molecule has 4 nitrogen and oxygen atoms in total. The van der Waals surface area contributed by atoms with Crippen molar-refractivity contribution in [3.63, 3.8) is 0 Å². The van der Waals surface area contributed by atoms with E-state index in [2.05, 4.69) is 9.80 Å². The van der Waals surface area contributed by atoms with Crippen LogP contribution in [0.2, 0.25) is 0 Å². The molecule has 3 fully saturated rings. The van der Waals surface area contributed by atoms with E-state index in [1.807, 2.05) is 0 Å². The second kappa shape index (κ2) is 6.08. The third kappa shape index (κ3) is 3.13. The Kier molecular flexibility index (Phi) is 4.42. The van der Waals surface area contributed by atoms with Crippen molar-refractivity contribution in [2.45, 2.75) is 38.1 Å². The van der Waals surface area contributed by atoms with Crippen LogP contribution in [0.3, 0.4) is 0 Å². The number of rotatable bonds is 4. The van der Waals surface area contributed by atoms with Gasteiger partial charge in [-0.3, -0.25) is 4.90 Å². The second-order valence-electron chi connectivity index (χ2n) is 6.69. The van der Waals surface area contributed by atoms with Gasteiger partial charge < -0.3 is 14.7 Å². The van der Waals surface area contributed by atoms with Crippen molar-refractivity contribution in [1.29, 1.82) is 0 Å². The molecule has 0 radical (unpaired) electrons. The average Bonchev–Trinajstić information content (AvgIpc) is 3.10. The van der Waals surface area contributed by atoms with Gasteiger partial charge in [0.05, 0.1) is 13.2 Å². The van der Waals surface area contributed by atoms with Gasteiger partial charge in [-0.2, -0.15) is 0 Å². The van der Waals surface area contributed by atoms with Crippen LogP contribution in [0.25, 0.3) is 0 Å². The molecule has 0 aromatic carbocycles. The van der Waals surface area contributed by atoms with Crippen LogP contribution in [0, 0.1) is 5.41 Å². The summed E-state index contributed by atoms with van der Waals surface area (Å²) in [6.45, 7) is 7.91. The van der Waals surface area contributed by atoms with Crippen molar-refractivity contribution in [3.8, 4) is 0 Å². The summed E-state index contributed by atoms with van der Waals surface area (Å²) < 4.78 is 5.44. The number of nitrogens with zero attached hydrogens (tertiary/aromatic N) is 2. The molecule has 1 N–H and O–H groups in total. The molecule has 110 valence electrons. The molecule has 2 saturated heterocycles. The molecule has 3 aliphatic rings. The predicted molar refractivity (Wildman–Crippen MR) is 75.2 cm³/mol. The Balaban J connectivity index is 1.51. The summed E-state index contributed by atoms with van der Waals surface area (Å²) in [7, 11) is 0. The van der Waals surface area contributed by atoms with Crippen molar-refractivity contribution < 1.29 is 9.84 Å². The molecule has 19 heavy (non-hydrogen) atoms. The van der Waals surface area contributed by atoms with Gasteiger partial charge in [-0.05, 0) is 25.8 Å². The monoisotopic (exact) mass is 268 g/mol. The molecule has 1 atom stereocenters. The lowest BCUT2D eigenvalue weighted by atomic mass is 9.87. The first-order valence-electron chi connectivity index (χ1n) is 7.96. The number of likely N-dealkylation sites (tertiary alicyclic amines) is 1. The van der Waals surface area contributed by atoms with E-state index in [0.29, 0.717) is 6.61 Å². The first kappa shape index (κ1) is 13.8. The van der Waals surface area contributed by atoms with Crippen molar-refractivity contribution in [2.24, 2.45) is 5.41 Å². The maximum absolute atomic E-state index is 9.74. The predicted octanol–water partition coefficient (Wildman–Crippen LogP) is 0.946. The molecular formula is C15H28N2O2. The lowest BCUT2D eigenvalue weighted by Gasteiger charge is -2.34. The van der Waals surface area contributed by atoms with Gasteiger partial charge in [-0.25, -0.2) is 0 Å². The Labute approximate surface area is 116 Å². The Morgan fingerprint density at radius 2 is 1.84 bits per heavy atom. The summed E-state index contributed by atoms with van der Waals surface area (Å²) in [4.78, 5) is 5.20. The van der Waals surface area contributed by atoms with Crippen LogP contribution < -0.4 is 0 Å². The van der Waals surface area contributed by atoms with Crippen LogP contribution in [-0.2, 0) is 4.74 Å². The van der Waals surface area contributed by atoms with Crippen molar-refractivity contribution in [3.05, 3.63) is 0 Å². The van der Waals surface area contributed by atoms with E-state index in [1.165, 1.54) is 45.2 Å². The quantitative estimate of drug-likeness (QED) is 0.823. The Morgan fingerprint density at radius 1 is 1.11 bits per heavy atom. The fraction of sp³-hybridized carbons (Fsp3) is 1.00. The molecule has 0 spiro atoms. The van der Waals surface area contributed by atoms with Gasteiger partial charge in [0.15, 0.2) is 0 Å². The summed E-state index contributed by atoms with van der Waals surface area (Å²) in [6, 6.07) is 0.723. The fourth-order valence-corrected chi connectivity index (χ4v) is 4.16. The van der Waals surface area contributed by atoms with Crippen LogP contribution in [0.15, 0.2) is 0 Å². The van der Waals surface area contributed by atoms with E-state index in [0.717, 1.165) is 38.9 Å². The smallest absolute Gasteiger partial charge is 0.0594 e. The van der Waals surface area contributed by atoms with E-state index in [4.69, 9.17) is 4.74 Å². The largest absolute Gasteiger partial charge is 0.396 e. The number of hydrogen-bond acceptors (Lipinski definition) is 4. The molecule has 1 aliphatic carbocycles. The maximum atomic E-state index is 9.74. The molecule has 0 aromatic heterocycles. The van der Waals surface area contributed by atoms with E-state index in [-0.39, 0.29) is 5.41 Å². The van der Waals surface area contributed by atoms with Crippen LogP contribution in [0.1, 0.15) is 32.1 Å². The van der Waals surface area contributed by atoms with Crippen molar-refractivity contribution in [1.82, 2.24) is 9.80 Å². The molecule has 0 amide bonds. The second-order valence-corrected chi connectivity index (χ2v) is 6.69. The lowest BCUT2D eigenvalue weighted by Crippen LogP contribution is -2.45. The van der Waals surface area contributed by atoms with Gasteiger partial charge in [0.2, 0.25) is 0 Å². The van der Waals surface area contributed by atoms with E-state index in [1.54, 1.807) is 0 Å². The molecular weight excluding hydrogens is 240 g/mol. The number of ether oxygens (including phenoxy) is 1. The van der Waals surface area contributed by atoms with Crippen LogP contribution in [0.4, 0.5) is 0 Å². The minimum absolute atomic E-state index is 0.222. The van der Waals surface area contributed by atoms with E-state index < -0.39 is 0 Å². The highest BCUT2D eigenvalue weighted by Gasteiger charge is 2.37. The minimum Gasteiger partial charge on any atom is -0.396 e. The molecule has 0 aromatic rings. The van der Waals surface area contributed by atoms with Crippen LogP contribution in [-0.4, -0.2) is 73.5 Å². The van der Waals surface area contributed by atoms with Crippen molar-refractivity contribution in [2.75, 3.05) is 52.5 Å². The molecule has 0 bridgehead atoms. The Hall–Kier alpha value is -0.160. The standard InChI is InChI=1S/C15H28N2O2/c18-13-15(4-1-2-5-15)12-16-6-3-14(11-16)17-7-9-19-10-8-17/h14,18H,1-13H2. The number of morpholine rings is 1. The highest BCUT2D eigenvalue weighted by Crippen LogP contribution is 2.39. The van der Waals surface area contributed by atoms with E-state index in [9.17, 15) is 5.11 Å². The third-order valence-corrected chi connectivity index (χ3v) is 5.37. The molecule has 3 rings (SSSR count). The number of aliphatic hydroxyl groups is 1. The summed E-state index contributed by atoms with van der Waals surface area (Å²) in [5.74, 6) is 0. The normalized spacial score (nSPS) is 33.0. The summed E-state index contributed by atoms with van der Waals surface area (Å²) in [5, 5.41) is 9.74. The molecule has 1 unspecified atom stereocenters. The Morgan fingerprint density at radius 3 is 2.53 bits per heavy atom. The van der Waals surface area contributed by atoms with Crippen LogP contribution in [0.5, 0.6) is 0 Å². The van der Waals surface area contributed by atoms with Gasteiger partial charge in [0.25, 0.3) is 0 Å². The van der Waals surface area contributed by atoms with Crippen molar-refractivity contribution >= 4 is 0 Å². The molecule has 4 heteroatoms. The minimum atomic E-state index is 0.222. The van der Waals surface area contributed by atoms with Crippen LogP contribution >= 0.6 is 0 Å². The molecule has 1 saturated carbocycles. The summed E-state index contributed by atoms with van der Waals surface area (Å²) >= 11 is 0.